The summed E-state index contributed by atoms with van der Waals surface area (Å²) in [6, 6.07) is 28.5. The van der Waals surface area contributed by atoms with Gasteiger partial charge >= 0.3 is 0 Å². The van der Waals surface area contributed by atoms with Gasteiger partial charge in [-0.15, -0.1) is 0 Å². The van der Waals surface area contributed by atoms with Gasteiger partial charge < -0.3 is 9.47 Å². The molecule has 3 aromatic carbocycles. The molecule has 27 heavy (non-hydrogen) atoms. The van der Waals surface area contributed by atoms with Crippen molar-refractivity contribution in [1.82, 2.24) is 4.90 Å². The van der Waals surface area contributed by atoms with Crippen molar-refractivity contribution < 1.29 is 9.47 Å². The molecule has 2 aliphatic rings. The Morgan fingerprint density at radius 2 is 1.37 bits per heavy atom. The van der Waals surface area contributed by atoms with Crippen LogP contribution in [0.2, 0.25) is 0 Å². The zero-order chi connectivity index (χ0) is 18.3. The number of hydrogen-bond donors (Lipinski definition) is 0. The molecule has 0 aromatic heterocycles. The van der Waals surface area contributed by atoms with E-state index in [-0.39, 0.29) is 11.6 Å². The van der Waals surface area contributed by atoms with Gasteiger partial charge in [0.1, 0.15) is 6.79 Å². The van der Waals surface area contributed by atoms with Crippen molar-refractivity contribution in [3.63, 3.8) is 0 Å². The molecule has 0 bridgehead atoms. The summed E-state index contributed by atoms with van der Waals surface area (Å²) >= 11 is 0. The van der Waals surface area contributed by atoms with Crippen LogP contribution in [0.15, 0.2) is 78.9 Å². The Bertz CT molecular complexity index is 902. The van der Waals surface area contributed by atoms with Crippen molar-refractivity contribution in [2.75, 3.05) is 27.0 Å². The smallest absolute Gasteiger partial charge is 0.146 e. The summed E-state index contributed by atoms with van der Waals surface area (Å²) in [6.07, 6.45) is 0.213. The van der Waals surface area contributed by atoms with Crippen LogP contribution in [0.25, 0.3) is 11.1 Å². The summed E-state index contributed by atoms with van der Waals surface area (Å²) in [5.41, 5.74) is 6.44. The van der Waals surface area contributed by atoms with E-state index in [2.05, 4.69) is 83.8 Å². The van der Waals surface area contributed by atoms with Gasteiger partial charge in [-0.1, -0.05) is 78.9 Å². The fourth-order valence-electron chi connectivity index (χ4n) is 4.71. The van der Waals surface area contributed by atoms with Crippen molar-refractivity contribution in [2.45, 2.75) is 11.6 Å². The number of rotatable bonds is 5. The molecule has 0 N–H and O–H groups in total. The highest BCUT2D eigenvalue weighted by Crippen LogP contribution is 2.55. The molecule has 0 saturated carbocycles. The van der Waals surface area contributed by atoms with Gasteiger partial charge in [0.25, 0.3) is 0 Å². The molecular weight excluding hydrogens is 334 g/mol. The Morgan fingerprint density at radius 1 is 0.815 bits per heavy atom. The lowest BCUT2D eigenvalue weighted by atomic mass is 9.77. The van der Waals surface area contributed by atoms with Crippen LogP contribution < -0.4 is 0 Å². The molecule has 1 aliphatic heterocycles. The zero-order valence-electron chi connectivity index (χ0n) is 15.5. The van der Waals surface area contributed by atoms with E-state index in [1.807, 2.05) is 0 Å². The summed E-state index contributed by atoms with van der Waals surface area (Å²) < 4.78 is 10.9. The number of methoxy groups -OCH3 is 1. The lowest BCUT2D eigenvalue weighted by Gasteiger charge is -2.51. The molecule has 5 rings (SSSR count). The molecule has 0 radical (unpaired) electrons. The first-order valence-electron chi connectivity index (χ1n) is 9.46. The molecule has 0 unspecified atom stereocenters. The van der Waals surface area contributed by atoms with Gasteiger partial charge in [-0.2, -0.15) is 0 Å². The van der Waals surface area contributed by atoms with Crippen LogP contribution in [0.3, 0.4) is 0 Å². The Morgan fingerprint density at radius 3 is 1.96 bits per heavy atom. The normalized spacial score (nSPS) is 18.0. The summed E-state index contributed by atoms with van der Waals surface area (Å²) in [5, 5.41) is 0. The van der Waals surface area contributed by atoms with Crippen molar-refractivity contribution in [3.8, 4) is 11.1 Å². The second kappa shape index (κ2) is 6.61. The number of likely N-dealkylation sites (tertiary alicyclic amines) is 1. The Labute approximate surface area is 160 Å². The topological polar surface area (TPSA) is 21.7 Å². The molecule has 3 aromatic rings. The van der Waals surface area contributed by atoms with Gasteiger partial charge in [0, 0.05) is 20.2 Å². The molecule has 3 nitrogen and oxygen atoms in total. The van der Waals surface area contributed by atoms with E-state index in [9.17, 15) is 0 Å². The summed E-state index contributed by atoms with van der Waals surface area (Å²) in [5.74, 6) is 0. The molecule has 0 atom stereocenters. The van der Waals surface area contributed by atoms with Crippen molar-refractivity contribution >= 4 is 0 Å². The Kier molecular flexibility index (Phi) is 4.09. The highest BCUT2D eigenvalue weighted by molar-refractivity contribution is 5.83. The molecule has 1 saturated heterocycles. The van der Waals surface area contributed by atoms with E-state index in [0.29, 0.717) is 6.79 Å². The van der Waals surface area contributed by atoms with Gasteiger partial charge in [0.2, 0.25) is 0 Å². The van der Waals surface area contributed by atoms with Gasteiger partial charge in [0.15, 0.2) is 0 Å². The molecule has 3 heteroatoms. The van der Waals surface area contributed by atoms with Crippen molar-refractivity contribution in [2.24, 2.45) is 0 Å². The molecular formula is C24H23NO2. The van der Waals surface area contributed by atoms with Crippen LogP contribution in [0.5, 0.6) is 0 Å². The second-order valence-corrected chi connectivity index (χ2v) is 7.27. The largest absolute Gasteiger partial charge is 0.359 e. The van der Waals surface area contributed by atoms with Crippen LogP contribution in [-0.2, 0) is 15.0 Å². The molecule has 0 amide bonds. The van der Waals surface area contributed by atoms with Gasteiger partial charge in [-0.3, -0.25) is 4.90 Å². The summed E-state index contributed by atoms with van der Waals surface area (Å²) in [6.45, 7) is 2.13. The third-order valence-electron chi connectivity index (χ3n) is 5.86. The van der Waals surface area contributed by atoms with Crippen LogP contribution in [0, 0.1) is 0 Å². The molecule has 1 heterocycles. The lowest BCUT2D eigenvalue weighted by molar-refractivity contribution is -0.139. The van der Waals surface area contributed by atoms with Crippen molar-refractivity contribution in [1.29, 1.82) is 0 Å². The van der Waals surface area contributed by atoms with E-state index in [1.165, 1.54) is 27.8 Å². The monoisotopic (exact) mass is 357 g/mol. The first-order valence-corrected chi connectivity index (χ1v) is 9.46. The zero-order valence-corrected chi connectivity index (χ0v) is 15.5. The van der Waals surface area contributed by atoms with E-state index in [4.69, 9.17) is 9.47 Å². The average molecular weight is 357 g/mol. The molecule has 1 aliphatic carbocycles. The highest BCUT2D eigenvalue weighted by atomic mass is 16.7. The minimum absolute atomic E-state index is 0.213. The Balaban J connectivity index is 1.69. The predicted octanol–water partition coefficient (Wildman–Crippen LogP) is 4.26. The van der Waals surface area contributed by atoms with Crippen LogP contribution in [0.4, 0.5) is 0 Å². The lowest BCUT2D eigenvalue weighted by Crippen LogP contribution is -2.61. The molecule has 136 valence electrons. The molecule has 0 spiro atoms. The maximum atomic E-state index is 5.81. The van der Waals surface area contributed by atoms with Gasteiger partial charge in [-0.05, 0) is 27.8 Å². The van der Waals surface area contributed by atoms with Gasteiger partial charge in [-0.25, -0.2) is 0 Å². The maximum Gasteiger partial charge on any atom is 0.146 e. The average Bonchev–Trinajstić information content (AvgIpc) is 2.99. The number of ether oxygens (including phenoxy) is 2. The number of nitrogens with zero attached hydrogens (tertiary/aromatic N) is 1. The number of benzene rings is 3. The first-order chi connectivity index (χ1) is 13.4. The van der Waals surface area contributed by atoms with Crippen molar-refractivity contribution in [3.05, 3.63) is 95.6 Å². The Hall–Kier alpha value is -2.46. The quantitative estimate of drug-likeness (QED) is 0.637. The van der Waals surface area contributed by atoms with E-state index < -0.39 is 0 Å². The van der Waals surface area contributed by atoms with E-state index >= 15 is 0 Å². The molecule has 1 fully saturated rings. The minimum Gasteiger partial charge on any atom is -0.359 e. The summed E-state index contributed by atoms with van der Waals surface area (Å²) in [4.78, 5) is 2.55. The summed E-state index contributed by atoms with van der Waals surface area (Å²) in [7, 11) is 1.67. The fourth-order valence-corrected chi connectivity index (χ4v) is 4.71. The van der Waals surface area contributed by atoms with Crippen LogP contribution in [0.1, 0.15) is 16.7 Å². The standard InChI is InChI=1S/C24H23NO2/c1-26-17-27-19-15-25(16-19)24(18-9-3-2-4-10-18)22-13-7-5-11-20(22)21-12-6-8-14-23(21)24/h2-14,19H,15-17H2,1H3. The third kappa shape index (κ3) is 2.39. The maximum absolute atomic E-state index is 5.81. The SMILES string of the molecule is COCOC1CN(C2(c3ccccc3)c3ccccc3-c3ccccc32)C1. The van der Waals surface area contributed by atoms with E-state index in [0.717, 1.165) is 13.1 Å². The fraction of sp³-hybridized carbons (Fsp3) is 0.250. The van der Waals surface area contributed by atoms with Gasteiger partial charge in [0.05, 0.1) is 11.6 Å². The van der Waals surface area contributed by atoms with Crippen LogP contribution in [-0.4, -0.2) is 38.0 Å². The van der Waals surface area contributed by atoms with Crippen LogP contribution >= 0.6 is 0 Å². The number of hydrogen-bond acceptors (Lipinski definition) is 3. The second-order valence-electron chi connectivity index (χ2n) is 7.27. The highest BCUT2D eigenvalue weighted by Gasteiger charge is 2.52. The predicted molar refractivity (Wildman–Crippen MR) is 107 cm³/mol. The first kappa shape index (κ1) is 16.7. The third-order valence-corrected chi connectivity index (χ3v) is 5.86. The van der Waals surface area contributed by atoms with E-state index in [1.54, 1.807) is 7.11 Å². The minimum atomic E-state index is -0.263. The number of fused-ring (bicyclic) bond motifs is 3.